The summed E-state index contributed by atoms with van der Waals surface area (Å²) in [7, 11) is 0. The van der Waals surface area contributed by atoms with E-state index in [0.717, 1.165) is 96.6 Å². The topological polar surface area (TPSA) is 69.7 Å². The Morgan fingerprint density at radius 1 is 0.531 bits per heavy atom. The van der Waals surface area contributed by atoms with E-state index in [1.165, 1.54) is 0 Å². The number of anilines is 2. The molecule has 2 fully saturated rings. The van der Waals surface area contributed by atoms with Gasteiger partial charge < -0.3 is 33.5 Å². The van der Waals surface area contributed by atoms with Gasteiger partial charge in [-0.15, -0.1) is 0 Å². The number of hydrogen-bond donors (Lipinski definition) is 0. The van der Waals surface area contributed by atoms with Gasteiger partial charge in [0.2, 0.25) is 0 Å². The second-order valence-corrected chi connectivity index (χ2v) is 17.4. The van der Waals surface area contributed by atoms with Crippen molar-refractivity contribution in [3.05, 3.63) is 151 Å². The van der Waals surface area contributed by atoms with E-state index < -0.39 is 11.6 Å². The lowest BCUT2D eigenvalue weighted by Gasteiger charge is -2.28. The summed E-state index contributed by atoms with van der Waals surface area (Å²) in [5.41, 5.74) is 5.53. The number of rotatable bonds is 16. The molecule has 0 spiro atoms. The van der Waals surface area contributed by atoms with Crippen LogP contribution < -0.4 is 28.7 Å². The van der Waals surface area contributed by atoms with E-state index in [4.69, 9.17) is 70.1 Å². The molecule has 12 heteroatoms. The molecule has 8 rings (SSSR count). The molecule has 8 nitrogen and oxygen atoms in total. The van der Waals surface area contributed by atoms with Gasteiger partial charge in [0.05, 0.1) is 52.1 Å². The monoisotopic (exact) mass is 940 g/mol. The fraction of sp³-hybridized carbons (Fsp3) is 0.327. The van der Waals surface area contributed by atoms with Gasteiger partial charge in [0.25, 0.3) is 0 Å². The Balaban J connectivity index is 1.45. The van der Waals surface area contributed by atoms with Crippen LogP contribution in [0.25, 0.3) is 11.1 Å². The molecule has 64 heavy (non-hydrogen) atoms. The van der Waals surface area contributed by atoms with Crippen LogP contribution >= 0.6 is 46.4 Å². The predicted octanol–water partition coefficient (Wildman–Crippen LogP) is 13.7. The normalized spacial score (nSPS) is 17.5. The molecule has 3 aliphatic rings. The van der Waals surface area contributed by atoms with Crippen LogP contribution in [0.15, 0.2) is 97.1 Å². The third-order valence-electron chi connectivity index (χ3n) is 11.8. The van der Waals surface area contributed by atoms with Crippen LogP contribution in [-0.4, -0.2) is 58.6 Å². The van der Waals surface area contributed by atoms with Gasteiger partial charge in [0.15, 0.2) is 28.6 Å². The van der Waals surface area contributed by atoms with Gasteiger partial charge in [-0.3, -0.25) is 0 Å². The lowest BCUT2D eigenvalue weighted by atomic mass is 9.83. The molecule has 0 N–H and O–H groups in total. The number of halogens is 4. The maximum Gasteiger partial charge on any atom is 0.341 e. The molecule has 2 saturated heterocycles. The summed E-state index contributed by atoms with van der Waals surface area (Å²) < 4.78 is 31.1. The second kappa shape index (κ2) is 20.0. The number of cyclic esters (lactones) is 1. The highest BCUT2D eigenvalue weighted by Gasteiger charge is 2.48. The zero-order chi connectivity index (χ0) is 45.0. The van der Waals surface area contributed by atoms with E-state index in [9.17, 15) is 4.79 Å². The van der Waals surface area contributed by atoms with Crippen molar-refractivity contribution in [3.63, 3.8) is 0 Å². The zero-order valence-electron chi connectivity index (χ0n) is 36.6. The van der Waals surface area contributed by atoms with Gasteiger partial charge in [0.1, 0.15) is 0 Å². The Morgan fingerprint density at radius 3 is 1.31 bits per heavy atom. The molecule has 3 heterocycles. The Labute approximate surface area is 396 Å². The Kier molecular flexibility index (Phi) is 14.3. The largest absolute Gasteiger partial charge is 0.490 e. The van der Waals surface area contributed by atoms with Crippen molar-refractivity contribution in [1.82, 2.24) is 0 Å². The fourth-order valence-corrected chi connectivity index (χ4v) is 9.96. The smallest absolute Gasteiger partial charge is 0.341 e. The van der Waals surface area contributed by atoms with Crippen molar-refractivity contribution in [2.75, 3.05) is 62.4 Å². The van der Waals surface area contributed by atoms with E-state index in [1.54, 1.807) is 0 Å². The highest BCUT2D eigenvalue weighted by atomic mass is 35.5. The summed E-state index contributed by atoms with van der Waals surface area (Å²) in [6.45, 7) is 13.5. The van der Waals surface area contributed by atoms with Crippen LogP contribution in [0.5, 0.6) is 23.0 Å². The number of fused-ring (bicyclic) bond motifs is 1. The van der Waals surface area contributed by atoms with Gasteiger partial charge in [-0.2, -0.15) is 0 Å². The fourth-order valence-electron chi connectivity index (χ4n) is 8.88. The second-order valence-electron chi connectivity index (χ2n) is 15.8. The van der Waals surface area contributed by atoms with E-state index in [-0.39, 0.29) is 31.2 Å². The summed E-state index contributed by atoms with van der Waals surface area (Å²) in [5, 5.41) is -0.0413. The predicted molar refractivity (Wildman–Crippen MR) is 261 cm³/mol. The summed E-state index contributed by atoms with van der Waals surface area (Å²) in [4.78, 5) is 19.3. The Morgan fingerprint density at radius 2 is 0.906 bits per heavy atom. The standard InChI is InChI=1S/C52H52Cl4N2O6/c1-5-60-41-23-17-35(29-43(41)62-7-3)39(33-13-19-37(20-14-33)57-25-9-10-26-57)31-52(46-45(51(59)64-52)47(53)49(55)50(56)48(46)54)32-40(34-15-21-38(22-16-34)58-27-11-12-28-58)36-18-24-42(61-6-2)44(30-36)63-8-4/h13-24,29-32H,5-12,25-28H2,1-4H3/b39-31-,40-32-. The number of nitrogens with zero attached hydrogens (tertiary/aromatic N) is 2. The SMILES string of the molecule is CCOc1ccc(/C(=C\C2(/C=C(/c3ccc(N4CCCC4)cc3)c3ccc(OCC)c(OCC)c3)OC(=O)c3c(Cl)c(Cl)c(Cl)c(Cl)c32)c2ccc(N3CCCC3)cc2)cc1OCC. The van der Waals surface area contributed by atoms with Crippen LogP contribution in [-0.2, 0) is 10.3 Å². The van der Waals surface area contributed by atoms with Crippen molar-refractivity contribution >= 4 is 74.9 Å². The van der Waals surface area contributed by atoms with E-state index in [1.807, 2.05) is 76.2 Å². The summed E-state index contributed by atoms with van der Waals surface area (Å²) >= 11 is 27.9. The van der Waals surface area contributed by atoms with Crippen molar-refractivity contribution in [2.45, 2.75) is 59.0 Å². The van der Waals surface area contributed by atoms with Crippen LogP contribution in [0.4, 0.5) is 11.4 Å². The number of benzene rings is 5. The third-order valence-corrected chi connectivity index (χ3v) is 13.7. The molecule has 0 aliphatic carbocycles. The Hall–Kier alpha value is -4.99. The minimum atomic E-state index is -1.72. The van der Waals surface area contributed by atoms with Gasteiger partial charge >= 0.3 is 5.97 Å². The van der Waals surface area contributed by atoms with E-state index >= 15 is 0 Å². The lowest BCUT2D eigenvalue weighted by Crippen LogP contribution is -2.23. The molecule has 0 amide bonds. The van der Waals surface area contributed by atoms with Crippen LogP contribution in [0.2, 0.25) is 20.1 Å². The molecule has 0 bridgehead atoms. The Bertz CT molecular complexity index is 2430. The molecule has 334 valence electrons. The summed E-state index contributed by atoms with van der Waals surface area (Å²) in [5.74, 6) is 1.66. The maximum atomic E-state index is 14.5. The minimum Gasteiger partial charge on any atom is -0.490 e. The first kappa shape index (κ1) is 45.6. The van der Waals surface area contributed by atoms with Crippen LogP contribution in [0.1, 0.15) is 91.6 Å². The molecule has 5 aromatic rings. The van der Waals surface area contributed by atoms with E-state index in [2.05, 4.69) is 58.3 Å². The summed E-state index contributed by atoms with van der Waals surface area (Å²) in [6.07, 6.45) is 8.46. The highest BCUT2D eigenvalue weighted by molar-refractivity contribution is 6.53. The molecular weight excluding hydrogens is 890 g/mol. The average molecular weight is 943 g/mol. The third kappa shape index (κ3) is 9.12. The highest BCUT2D eigenvalue weighted by Crippen LogP contribution is 2.54. The minimum absolute atomic E-state index is 0.00369. The van der Waals surface area contributed by atoms with Crippen molar-refractivity contribution < 1.29 is 28.5 Å². The molecule has 0 aromatic heterocycles. The first-order chi connectivity index (χ1) is 31.1. The molecular formula is C52H52Cl4N2O6. The molecule has 0 saturated carbocycles. The van der Waals surface area contributed by atoms with Crippen molar-refractivity contribution in [2.24, 2.45) is 0 Å². The molecule has 0 radical (unpaired) electrons. The van der Waals surface area contributed by atoms with E-state index in [0.29, 0.717) is 49.4 Å². The van der Waals surface area contributed by atoms with Crippen molar-refractivity contribution in [3.8, 4) is 23.0 Å². The molecule has 3 aliphatic heterocycles. The number of hydrogen-bond acceptors (Lipinski definition) is 8. The average Bonchev–Trinajstić information content (AvgIpc) is 4.11. The first-order valence-electron chi connectivity index (χ1n) is 22.2. The number of esters is 1. The zero-order valence-corrected chi connectivity index (χ0v) is 39.6. The van der Waals surface area contributed by atoms with Crippen LogP contribution in [0.3, 0.4) is 0 Å². The number of carbonyl (C=O) groups excluding carboxylic acids is 1. The quantitative estimate of drug-likeness (QED) is 0.0550. The van der Waals surface area contributed by atoms with Gasteiger partial charge in [0, 0.05) is 43.1 Å². The lowest BCUT2D eigenvalue weighted by molar-refractivity contribution is 0.0300. The van der Waals surface area contributed by atoms with Gasteiger partial charge in [-0.25, -0.2) is 4.79 Å². The van der Waals surface area contributed by atoms with Gasteiger partial charge in [-0.05, 0) is 147 Å². The first-order valence-corrected chi connectivity index (χ1v) is 23.7. The molecule has 0 atom stereocenters. The molecule has 0 unspecified atom stereocenters. The van der Waals surface area contributed by atoms with Gasteiger partial charge in [-0.1, -0.05) is 82.8 Å². The molecule has 5 aromatic carbocycles. The summed E-state index contributed by atoms with van der Waals surface area (Å²) in [6, 6.07) is 28.5. The maximum absolute atomic E-state index is 14.5. The van der Waals surface area contributed by atoms with Crippen LogP contribution in [0, 0.1) is 0 Å². The number of carbonyl (C=O) groups is 1. The number of ether oxygens (including phenoxy) is 5. The van der Waals surface area contributed by atoms with Crippen molar-refractivity contribution in [1.29, 1.82) is 0 Å².